The van der Waals surface area contributed by atoms with E-state index in [0.717, 1.165) is 0 Å². The Morgan fingerprint density at radius 1 is 0.448 bits per heavy atom. The average Bonchev–Trinajstić information content (AvgIpc) is 3.31. The van der Waals surface area contributed by atoms with Crippen LogP contribution in [0.4, 0.5) is 45.5 Å². The first-order valence-corrected chi connectivity index (χ1v) is 21.5. The highest BCUT2D eigenvalue weighted by Gasteiger charge is 2.63. The van der Waals surface area contributed by atoms with Crippen molar-refractivity contribution in [2.75, 3.05) is 14.7 Å². The molecule has 0 aromatic heterocycles. The Labute approximate surface area is 347 Å². The van der Waals surface area contributed by atoms with E-state index in [0.29, 0.717) is 0 Å². The summed E-state index contributed by atoms with van der Waals surface area (Å²) in [5, 5.41) is 0. The Kier molecular flexibility index (Phi) is 7.78. The molecule has 4 aliphatic rings. The molecule has 4 heteroatoms. The number of nitrogens with zero attached hydrogens (tertiary/aromatic N) is 3. The molecule has 292 valence electrons. The fourth-order valence-electron chi connectivity index (χ4n) is 10.7. The van der Waals surface area contributed by atoms with Gasteiger partial charge in [-0.05, 0) is 135 Å². The first kappa shape index (κ1) is 37.1. The second-order valence-electron chi connectivity index (χ2n) is 21.1. The van der Waals surface area contributed by atoms with Crippen LogP contribution in [0, 0.1) is 0 Å². The van der Waals surface area contributed by atoms with Gasteiger partial charge < -0.3 is 14.7 Å². The number of benzene rings is 6. The maximum atomic E-state index is 2.72. The lowest BCUT2D eigenvalue weighted by Crippen LogP contribution is -2.62. The fraction of sp³-hybridized carbons (Fsp3) is 0.333. The second kappa shape index (κ2) is 12.2. The van der Waals surface area contributed by atoms with E-state index in [-0.39, 0.29) is 33.9 Å². The van der Waals surface area contributed by atoms with Gasteiger partial charge in [0.05, 0.1) is 5.54 Å². The van der Waals surface area contributed by atoms with Gasteiger partial charge in [-0.1, -0.05) is 136 Å². The molecule has 0 radical (unpaired) electrons. The molecule has 1 saturated carbocycles. The number of hydrogen-bond acceptors (Lipinski definition) is 3. The minimum atomic E-state index is -0.0708. The van der Waals surface area contributed by atoms with Crippen molar-refractivity contribution in [3.8, 4) is 0 Å². The monoisotopic (exact) mass is 759 g/mol. The zero-order chi connectivity index (χ0) is 40.7. The van der Waals surface area contributed by atoms with Gasteiger partial charge in [0.15, 0.2) is 0 Å². The minimum Gasteiger partial charge on any atom is -0.334 e. The number of para-hydroxylation sites is 2. The van der Waals surface area contributed by atoms with Crippen LogP contribution in [0.2, 0.25) is 0 Å². The fourth-order valence-corrected chi connectivity index (χ4v) is 10.7. The van der Waals surface area contributed by atoms with Crippen molar-refractivity contribution < 1.29 is 0 Å². The van der Waals surface area contributed by atoms with Crippen molar-refractivity contribution in [2.24, 2.45) is 0 Å². The highest BCUT2D eigenvalue weighted by molar-refractivity contribution is 7.00. The van der Waals surface area contributed by atoms with E-state index in [4.69, 9.17) is 0 Å². The van der Waals surface area contributed by atoms with Gasteiger partial charge in [-0.25, -0.2) is 0 Å². The summed E-state index contributed by atoms with van der Waals surface area (Å²) >= 11 is 0. The molecule has 10 rings (SSSR count). The molecule has 3 nitrogen and oxygen atoms in total. The Morgan fingerprint density at radius 3 is 1.62 bits per heavy atom. The van der Waals surface area contributed by atoms with Crippen LogP contribution in [0.1, 0.15) is 111 Å². The number of anilines is 8. The summed E-state index contributed by atoms with van der Waals surface area (Å²) in [6.45, 7) is 26.1. The molecular formula is C54H58BN3. The molecule has 0 N–H and O–H groups in total. The highest BCUT2D eigenvalue weighted by atomic mass is 15.3. The van der Waals surface area contributed by atoms with E-state index in [1.54, 1.807) is 0 Å². The van der Waals surface area contributed by atoms with Crippen molar-refractivity contribution in [3.05, 3.63) is 150 Å². The average molecular weight is 760 g/mol. The molecule has 1 fully saturated rings. The molecule has 6 aromatic carbocycles. The Morgan fingerprint density at radius 2 is 1.00 bits per heavy atom. The molecule has 3 aliphatic heterocycles. The maximum absolute atomic E-state index is 2.72. The first-order chi connectivity index (χ1) is 27.4. The summed E-state index contributed by atoms with van der Waals surface area (Å²) in [5.41, 5.74) is 19.9. The van der Waals surface area contributed by atoms with Crippen molar-refractivity contribution in [1.82, 2.24) is 0 Å². The quantitative estimate of drug-likeness (QED) is 0.166. The largest absolute Gasteiger partial charge is 0.334 e. The van der Waals surface area contributed by atoms with Crippen LogP contribution in [0.5, 0.6) is 0 Å². The normalized spacial score (nSPS) is 20.5. The molecule has 2 atom stereocenters. The van der Waals surface area contributed by atoms with E-state index < -0.39 is 0 Å². The topological polar surface area (TPSA) is 9.72 Å². The Balaban J connectivity index is 1.26. The lowest BCUT2D eigenvalue weighted by Gasteiger charge is -2.56. The maximum Gasteiger partial charge on any atom is 0.252 e. The predicted molar refractivity (Wildman–Crippen MR) is 250 cm³/mol. The number of fused-ring (bicyclic) bond motifs is 7. The zero-order valence-corrected chi connectivity index (χ0v) is 36.5. The summed E-state index contributed by atoms with van der Waals surface area (Å²) in [7, 11) is 0. The van der Waals surface area contributed by atoms with Gasteiger partial charge in [-0.3, -0.25) is 0 Å². The third-order valence-corrected chi connectivity index (χ3v) is 14.6. The summed E-state index contributed by atoms with van der Waals surface area (Å²) in [6, 6.07) is 49.3. The third-order valence-electron chi connectivity index (χ3n) is 14.6. The lowest BCUT2D eigenvalue weighted by atomic mass is 9.33. The molecule has 0 spiro atoms. The van der Waals surface area contributed by atoms with Crippen LogP contribution in [0.3, 0.4) is 0 Å². The van der Waals surface area contributed by atoms with Crippen LogP contribution in [0.25, 0.3) is 0 Å². The summed E-state index contributed by atoms with van der Waals surface area (Å²) in [6.07, 6.45) is 2.38. The van der Waals surface area contributed by atoms with Gasteiger partial charge in [0, 0.05) is 50.9 Å². The minimum absolute atomic E-state index is 0.00790. The number of rotatable bonds is 3. The highest BCUT2D eigenvalue weighted by Crippen LogP contribution is 2.65. The molecule has 2 unspecified atom stereocenters. The van der Waals surface area contributed by atoms with Gasteiger partial charge in [0.25, 0.3) is 6.71 Å². The molecule has 6 aromatic rings. The Bertz CT molecular complexity index is 2620. The molecule has 0 bridgehead atoms. The van der Waals surface area contributed by atoms with Crippen LogP contribution < -0.4 is 31.1 Å². The van der Waals surface area contributed by atoms with E-state index in [2.05, 4.69) is 218 Å². The molecular weight excluding hydrogens is 701 g/mol. The van der Waals surface area contributed by atoms with Crippen molar-refractivity contribution in [3.63, 3.8) is 0 Å². The van der Waals surface area contributed by atoms with Crippen molar-refractivity contribution in [1.29, 1.82) is 0 Å². The molecule has 58 heavy (non-hydrogen) atoms. The zero-order valence-electron chi connectivity index (χ0n) is 36.5. The van der Waals surface area contributed by atoms with Gasteiger partial charge in [-0.15, -0.1) is 0 Å². The lowest BCUT2D eigenvalue weighted by molar-refractivity contribution is 0.133. The van der Waals surface area contributed by atoms with Crippen LogP contribution >= 0.6 is 0 Å². The van der Waals surface area contributed by atoms with Crippen LogP contribution in [-0.2, 0) is 21.7 Å². The van der Waals surface area contributed by atoms with E-state index in [9.17, 15) is 0 Å². The van der Waals surface area contributed by atoms with Gasteiger partial charge in [-0.2, -0.15) is 0 Å². The van der Waals surface area contributed by atoms with Crippen molar-refractivity contribution >= 4 is 68.6 Å². The van der Waals surface area contributed by atoms with E-state index in [1.807, 2.05) is 0 Å². The Hall–Kier alpha value is -5.22. The van der Waals surface area contributed by atoms with Gasteiger partial charge in [0.2, 0.25) is 0 Å². The smallest absolute Gasteiger partial charge is 0.252 e. The molecule has 1 aliphatic carbocycles. The number of hydrogen-bond donors (Lipinski definition) is 0. The van der Waals surface area contributed by atoms with E-state index in [1.165, 1.54) is 97.0 Å². The van der Waals surface area contributed by atoms with Gasteiger partial charge >= 0.3 is 0 Å². The predicted octanol–water partition coefficient (Wildman–Crippen LogP) is 12.6. The second-order valence-corrected chi connectivity index (χ2v) is 21.1. The summed E-state index contributed by atoms with van der Waals surface area (Å²) < 4.78 is 0. The molecule has 0 saturated heterocycles. The standard InChI is InChI=1S/C54H58BN3/c1-50(2,3)35-21-24-39(25-22-35)57-46-34-40(58-44-28-23-36(51(4,5)6)31-41(44)53(10)29-30-54(53,58)11)26-27-43(46)55-42-19-15-16-20-45(42)56(38-17-13-12-14-18-38)47-32-37(52(7,8)9)33-48(57)49(47)55/h12-28,31-34H,29-30H2,1-11H3. The first-order valence-electron chi connectivity index (χ1n) is 21.5. The summed E-state index contributed by atoms with van der Waals surface area (Å²) in [5.74, 6) is 0. The van der Waals surface area contributed by atoms with E-state index >= 15 is 0 Å². The molecule has 0 amide bonds. The van der Waals surface area contributed by atoms with Crippen LogP contribution in [0.15, 0.2) is 127 Å². The van der Waals surface area contributed by atoms with Crippen LogP contribution in [-0.4, -0.2) is 12.3 Å². The van der Waals surface area contributed by atoms with Crippen molar-refractivity contribution in [2.45, 2.75) is 116 Å². The SMILES string of the molecule is CC(C)(C)c1ccc(N2c3cc(N4c5ccc(C(C)(C)C)cc5C5(C)CCC45C)ccc3B3c4ccccc4N(c4ccccc4)c4cc(C(C)(C)C)cc2c43)cc1. The molecule has 3 heterocycles. The third kappa shape index (κ3) is 5.19. The summed E-state index contributed by atoms with van der Waals surface area (Å²) in [4.78, 5) is 7.85. The van der Waals surface area contributed by atoms with Gasteiger partial charge in [0.1, 0.15) is 0 Å².